The van der Waals surface area contributed by atoms with Crippen molar-refractivity contribution in [3.8, 4) is 0 Å². The van der Waals surface area contributed by atoms with Gasteiger partial charge in [0.05, 0.1) is 17.5 Å². The molecule has 25 heavy (non-hydrogen) atoms. The number of amides is 1. The Kier molecular flexibility index (Phi) is 4.78. The molecule has 2 saturated heterocycles. The first-order valence-corrected chi connectivity index (χ1v) is 9.29. The van der Waals surface area contributed by atoms with E-state index in [0.717, 1.165) is 12.1 Å². The van der Waals surface area contributed by atoms with Gasteiger partial charge in [0.2, 0.25) is 15.9 Å². The van der Waals surface area contributed by atoms with Crippen LogP contribution >= 0.6 is 0 Å². The number of piperazine rings is 1. The number of rotatable bonds is 3. The third-order valence-electron chi connectivity index (χ3n) is 4.41. The van der Waals surface area contributed by atoms with Crippen molar-refractivity contribution in [1.82, 2.24) is 14.5 Å². The van der Waals surface area contributed by atoms with Gasteiger partial charge in [0.15, 0.2) is 0 Å². The minimum atomic E-state index is -3.77. The quantitative estimate of drug-likeness (QED) is 0.840. The molecule has 2 aliphatic rings. The molecule has 0 aliphatic carbocycles. The van der Waals surface area contributed by atoms with E-state index in [1.165, 1.54) is 21.3 Å². The standard InChI is InChI=1S/C15H18F3N3O3S/c16-11-1-3-12(4-2-11)25(23,24)21-7-5-20(6-8-21)14(22)13-9-15(17,18)10-19-13/h1-4,13,19H,5-10H2. The SMILES string of the molecule is O=C(C1CC(F)(F)CN1)N1CCN(S(=O)(=O)c2ccc(F)cc2)CC1. The van der Waals surface area contributed by atoms with Crippen LogP contribution in [0.5, 0.6) is 0 Å². The minimum absolute atomic E-state index is 0.0224. The average Bonchev–Trinajstić information content (AvgIpc) is 2.95. The van der Waals surface area contributed by atoms with Gasteiger partial charge >= 0.3 is 0 Å². The highest BCUT2D eigenvalue weighted by Gasteiger charge is 2.44. The number of benzene rings is 1. The van der Waals surface area contributed by atoms with Crippen LogP contribution in [0, 0.1) is 5.82 Å². The van der Waals surface area contributed by atoms with Crippen molar-refractivity contribution in [2.24, 2.45) is 0 Å². The molecule has 2 fully saturated rings. The first-order valence-electron chi connectivity index (χ1n) is 7.85. The molecule has 0 saturated carbocycles. The summed E-state index contributed by atoms with van der Waals surface area (Å²) >= 11 is 0. The predicted molar refractivity (Wildman–Crippen MR) is 83.1 cm³/mol. The zero-order chi connectivity index (χ0) is 18.2. The molecule has 0 spiro atoms. The van der Waals surface area contributed by atoms with Crippen LogP contribution in [0.1, 0.15) is 6.42 Å². The Morgan fingerprint density at radius 2 is 1.72 bits per heavy atom. The van der Waals surface area contributed by atoms with Crippen molar-refractivity contribution in [2.75, 3.05) is 32.7 Å². The van der Waals surface area contributed by atoms with E-state index in [9.17, 15) is 26.4 Å². The van der Waals surface area contributed by atoms with Crippen LogP contribution in [0.15, 0.2) is 29.2 Å². The highest BCUT2D eigenvalue weighted by atomic mass is 32.2. The van der Waals surface area contributed by atoms with Gasteiger partial charge in [0.1, 0.15) is 5.82 Å². The molecule has 3 rings (SSSR count). The smallest absolute Gasteiger partial charge is 0.262 e. The zero-order valence-corrected chi connectivity index (χ0v) is 14.1. The second kappa shape index (κ2) is 6.58. The van der Waals surface area contributed by atoms with Gasteiger partial charge in [-0.25, -0.2) is 21.6 Å². The third-order valence-corrected chi connectivity index (χ3v) is 6.32. The maximum absolute atomic E-state index is 13.2. The normalized spacial score (nSPS) is 24.4. The Labute approximate surface area is 143 Å². The van der Waals surface area contributed by atoms with Crippen LogP contribution < -0.4 is 5.32 Å². The summed E-state index contributed by atoms with van der Waals surface area (Å²) in [6.07, 6.45) is -0.542. The second-order valence-electron chi connectivity index (χ2n) is 6.18. The molecule has 2 aliphatic heterocycles. The lowest BCUT2D eigenvalue weighted by atomic mass is 10.1. The number of carbonyl (C=O) groups excluding carboxylic acids is 1. The van der Waals surface area contributed by atoms with Crippen LogP contribution in [0.3, 0.4) is 0 Å². The number of hydrogen-bond donors (Lipinski definition) is 1. The Bertz CT molecular complexity index is 747. The summed E-state index contributed by atoms with van der Waals surface area (Å²) in [5, 5.41) is 2.51. The van der Waals surface area contributed by atoms with Gasteiger partial charge in [0, 0.05) is 32.6 Å². The number of alkyl halides is 2. The summed E-state index contributed by atoms with van der Waals surface area (Å²) in [5.41, 5.74) is 0. The van der Waals surface area contributed by atoms with E-state index in [1.54, 1.807) is 0 Å². The van der Waals surface area contributed by atoms with Gasteiger partial charge < -0.3 is 4.90 Å². The Hall–Kier alpha value is -1.65. The van der Waals surface area contributed by atoms with Gasteiger partial charge in [-0.1, -0.05) is 0 Å². The van der Waals surface area contributed by atoms with E-state index in [4.69, 9.17) is 0 Å². The van der Waals surface area contributed by atoms with E-state index >= 15 is 0 Å². The van der Waals surface area contributed by atoms with E-state index in [0.29, 0.717) is 0 Å². The number of carbonyl (C=O) groups is 1. The van der Waals surface area contributed by atoms with Gasteiger partial charge in [-0.3, -0.25) is 10.1 Å². The maximum Gasteiger partial charge on any atom is 0.262 e. The van der Waals surface area contributed by atoms with Crippen molar-refractivity contribution in [3.63, 3.8) is 0 Å². The first kappa shape index (κ1) is 18.2. The summed E-state index contributed by atoms with van der Waals surface area (Å²) in [7, 11) is -3.77. The lowest BCUT2D eigenvalue weighted by Gasteiger charge is -2.35. The molecule has 1 amide bonds. The summed E-state index contributed by atoms with van der Waals surface area (Å²) in [4.78, 5) is 13.6. The molecule has 0 bridgehead atoms. The number of sulfonamides is 1. The molecule has 138 valence electrons. The summed E-state index contributed by atoms with van der Waals surface area (Å²) in [6, 6.07) is 3.58. The summed E-state index contributed by atoms with van der Waals surface area (Å²) in [6.45, 7) is -0.141. The minimum Gasteiger partial charge on any atom is -0.339 e. The van der Waals surface area contributed by atoms with Crippen molar-refractivity contribution in [1.29, 1.82) is 0 Å². The molecular weight excluding hydrogens is 359 g/mol. The van der Waals surface area contributed by atoms with Crippen LogP contribution in [0.2, 0.25) is 0 Å². The van der Waals surface area contributed by atoms with Crippen LogP contribution in [-0.4, -0.2) is 68.2 Å². The zero-order valence-electron chi connectivity index (χ0n) is 13.3. The van der Waals surface area contributed by atoms with E-state index < -0.39 is 46.7 Å². The molecule has 10 heteroatoms. The number of nitrogens with zero attached hydrogens (tertiary/aromatic N) is 2. The molecule has 1 aromatic carbocycles. The van der Waals surface area contributed by atoms with Crippen molar-refractivity contribution in [3.05, 3.63) is 30.1 Å². The molecule has 1 N–H and O–H groups in total. The Morgan fingerprint density at radius 1 is 1.12 bits per heavy atom. The predicted octanol–water partition coefficient (Wildman–Crippen LogP) is 0.656. The summed E-state index contributed by atoms with van der Waals surface area (Å²) < 4.78 is 65.6. The highest BCUT2D eigenvalue weighted by molar-refractivity contribution is 7.89. The number of hydrogen-bond acceptors (Lipinski definition) is 4. The van der Waals surface area contributed by atoms with E-state index in [2.05, 4.69) is 5.32 Å². The van der Waals surface area contributed by atoms with Gasteiger partial charge in [-0.05, 0) is 24.3 Å². The lowest BCUT2D eigenvalue weighted by Crippen LogP contribution is -2.54. The second-order valence-corrected chi connectivity index (χ2v) is 8.11. The largest absolute Gasteiger partial charge is 0.339 e. The van der Waals surface area contributed by atoms with Crippen LogP contribution in [-0.2, 0) is 14.8 Å². The van der Waals surface area contributed by atoms with Gasteiger partial charge in [-0.15, -0.1) is 0 Å². The van der Waals surface area contributed by atoms with Crippen molar-refractivity contribution < 1.29 is 26.4 Å². The van der Waals surface area contributed by atoms with Crippen LogP contribution in [0.4, 0.5) is 13.2 Å². The molecule has 0 radical (unpaired) electrons. The fourth-order valence-corrected chi connectivity index (χ4v) is 4.44. The third kappa shape index (κ3) is 3.80. The monoisotopic (exact) mass is 377 g/mol. The lowest BCUT2D eigenvalue weighted by molar-refractivity contribution is -0.134. The number of nitrogens with one attached hydrogen (secondary N) is 1. The van der Waals surface area contributed by atoms with Gasteiger partial charge in [-0.2, -0.15) is 4.31 Å². The fraction of sp³-hybridized carbons (Fsp3) is 0.533. The van der Waals surface area contributed by atoms with Crippen LogP contribution in [0.25, 0.3) is 0 Å². The molecule has 1 unspecified atom stereocenters. The van der Waals surface area contributed by atoms with Gasteiger partial charge in [0.25, 0.3) is 5.92 Å². The molecule has 6 nitrogen and oxygen atoms in total. The fourth-order valence-electron chi connectivity index (χ4n) is 3.01. The van der Waals surface area contributed by atoms with E-state index in [1.807, 2.05) is 0 Å². The summed E-state index contributed by atoms with van der Waals surface area (Å²) in [5.74, 6) is -3.86. The topological polar surface area (TPSA) is 69.7 Å². The molecule has 0 aromatic heterocycles. The van der Waals surface area contributed by atoms with E-state index in [-0.39, 0.29) is 31.1 Å². The number of halogens is 3. The van der Waals surface area contributed by atoms with Crippen molar-refractivity contribution in [2.45, 2.75) is 23.3 Å². The molecule has 2 heterocycles. The Morgan fingerprint density at radius 3 is 2.24 bits per heavy atom. The van der Waals surface area contributed by atoms with Crippen molar-refractivity contribution >= 4 is 15.9 Å². The average molecular weight is 377 g/mol. The maximum atomic E-state index is 13.2. The molecule has 1 aromatic rings. The Balaban J connectivity index is 1.62. The highest BCUT2D eigenvalue weighted by Crippen LogP contribution is 2.26. The first-order chi connectivity index (χ1) is 11.7. The molecule has 1 atom stereocenters. The molecular formula is C15H18F3N3O3S.